The van der Waals surface area contributed by atoms with Crippen molar-refractivity contribution in [2.45, 2.75) is 12.6 Å². The van der Waals surface area contributed by atoms with Crippen LogP contribution in [0.1, 0.15) is 17.2 Å². The van der Waals surface area contributed by atoms with E-state index < -0.39 is 5.82 Å². The normalized spacial score (nSPS) is 12.4. The number of benzene rings is 2. The van der Waals surface area contributed by atoms with Gasteiger partial charge in [-0.1, -0.05) is 48.0 Å². The summed E-state index contributed by atoms with van der Waals surface area (Å²) in [6, 6.07) is 14.7. The molecule has 1 atom stereocenters. The smallest absolute Gasteiger partial charge is 0.141 e. The van der Waals surface area contributed by atoms with Gasteiger partial charge in [0.25, 0.3) is 0 Å². The summed E-state index contributed by atoms with van der Waals surface area (Å²) in [5.41, 5.74) is 7.83. The lowest BCUT2D eigenvalue weighted by molar-refractivity contribution is 0.540. The summed E-state index contributed by atoms with van der Waals surface area (Å²) in [7, 11) is 0. The van der Waals surface area contributed by atoms with Crippen LogP contribution >= 0.6 is 11.6 Å². The molecule has 3 N–H and O–H groups in total. The predicted octanol–water partition coefficient (Wildman–Crippen LogP) is 3.27. The Morgan fingerprint density at radius 1 is 1.16 bits per heavy atom. The van der Waals surface area contributed by atoms with Crippen molar-refractivity contribution in [2.24, 2.45) is 5.73 Å². The van der Waals surface area contributed by atoms with Gasteiger partial charge in [0, 0.05) is 19.1 Å². The summed E-state index contributed by atoms with van der Waals surface area (Å²) in [6.45, 7) is 1.13. The highest BCUT2D eigenvalue weighted by molar-refractivity contribution is 6.30. The fourth-order valence-electron chi connectivity index (χ4n) is 1.90. The molecule has 0 saturated carbocycles. The number of halogens is 2. The average Bonchev–Trinajstić information content (AvgIpc) is 2.44. The number of nitrogens with two attached hydrogens (primary N) is 1. The first kappa shape index (κ1) is 14.0. The summed E-state index contributed by atoms with van der Waals surface area (Å²) < 4.78 is 13.1. The van der Waals surface area contributed by atoms with Crippen LogP contribution < -0.4 is 11.1 Å². The zero-order valence-corrected chi connectivity index (χ0v) is 11.2. The minimum atomic E-state index is -0.413. The highest BCUT2D eigenvalue weighted by Crippen LogP contribution is 2.20. The molecule has 0 aromatic heterocycles. The Kier molecular flexibility index (Phi) is 4.91. The average molecular weight is 279 g/mol. The van der Waals surface area contributed by atoms with E-state index in [-0.39, 0.29) is 11.1 Å². The van der Waals surface area contributed by atoms with Gasteiger partial charge >= 0.3 is 0 Å². The predicted molar refractivity (Wildman–Crippen MR) is 76.5 cm³/mol. The molecule has 100 valence electrons. The summed E-state index contributed by atoms with van der Waals surface area (Å²) in [5.74, 6) is -0.413. The highest BCUT2D eigenvalue weighted by atomic mass is 35.5. The van der Waals surface area contributed by atoms with E-state index in [1.165, 1.54) is 11.6 Å². The molecule has 0 spiro atoms. The van der Waals surface area contributed by atoms with Crippen LogP contribution in [0.4, 0.5) is 4.39 Å². The van der Waals surface area contributed by atoms with Crippen LogP contribution in [0.2, 0.25) is 5.02 Å². The lowest BCUT2D eigenvalue weighted by atomic mass is 10.1. The summed E-state index contributed by atoms with van der Waals surface area (Å²) in [5, 5.41) is 3.47. The molecule has 2 aromatic rings. The van der Waals surface area contributed by atoms with Crippen LogP contribution in [0.5, 0.6) is 0 Å². The minimum Gasteiger partial charge on any atom is -0.329 e. The molecular formula is C15H16ClFN2. The summed E-state index contributed by atoms with van der Waals surface area (Å²) in [6.07, 6.45) is 0. The van der Waals surface area contributed by atoms with E-state index in [0.29, 0.717) is 13.1 Å². The van der Waals surface area contributed by atoms with Gasteiger partial charge in [-0.15, -0.1) is 0 Å². The van der Waals surface area contributed by atoms with Crippen LogP contribution in [-0.2, 0) is 6.54 Å². The molecular weight excluding hydrogens is 263 g/mol. The molecule has 0 bridgehead atoms. The molecule has 4 heteroatoms. The first-order valence-electron chi connectivity index (χ1n) is 6.13. The van der Waals surface area contributed by atoms with Gasteiger partial charge in [-0.3, -0.25) is 0 Å². The van der Waals surface area contributed by atoms with Crippen molar-refractivity contribution in [1.82, 2.24) is 5.32 Å². The zero-order chi connectivity index (χ0) is 13.7. The maximum atomic E-state index is 13.1. The fraction of sp³-hybridized carbons (Fsp3) is 0.200. The molecule has 1 unspecified atom stereocenters. The van der Waals surface area contributed by atoms with Gasteiger partial charge in [0.15, 0.2) is 0 Å². The monoisotopic (exact) mass is 278 g/mol. The maximum absolute atomic E-state index is 13.1. The van der Waals surface area contributed by atoms with Gasteiger partial charge in [0.2, 0.25) is 0 Å². The van der Waals surface area contributed by atoms with E-state index in [1.54, 1.807) is 12.1 Å². The molecule has 0 aliphatic heterocycles. The van der Waals surface area contributed by atoms with Crippen LogP contribution in [-0.4, -0.2) is 6.54 Å². The van der Waals surface area contributed by atoms with Gasteiger partial charge in [-0.05, 0) is 23.3 Å². The van der Waals surface area contributed by atoms with E-state index in [2.05, 4.69) is 5.32 Å². The molecule has 19 heavy (non-hydrogen) atoms. The molecule has 0 aliphatic carbocycles. The van der Waals surface area contributed by atoms with Crippen molar-refractivity contribution in [1.29, 1.82) is 0 Å². The van der Waals surface area contributed by atoms with Crippen LogP contribution in [0.15, 0.2) is 48.5 Å². The number of hydrogen-bond acceptors (Lipinski definition) is 2. The van der Waals surface area contributed by atoms with Crippen molar-refractivity contribution in [3.63, 3.8) is 0 Å². The third kappa shape index (κ3) is 3.77. The van der Waals surface area contributed by atoms with Gasteiger partial charge in [-0.2, -0.15) is 0 Å². The maximum Gasteiger partial charge on any atom is 0.141 e. The highest BCUT2D eigenvalue weighted by Gasteiger charge is 2.11. The first-order chi connectivity index (χ1) is 9.20. The van der Waals surface area contributed by atoms with Crippen LogP contribution in [0, 0.1) is 5.82 Å². The van der Waals surface area contributed by atoms with Crippen LogP contribution in [0.25, 0.3) is 0 Å². The van der Waals surface area contributed by atoms with E-state index in [4.69, 9.17) is 17.3 Å². The Morgan fingerprint density at radius 2 is 1.89 bits per heavy atom. The second kappa shape index (κ2) is 6.66. The number of rotatable bonds is 5. The van der Waals surface area contributed by atoms with E-state index >= 15 is 0 Å². The van der Waals surface area contributed by atoms with Gasteiger partial charge in [0.1, 0.15) is 5.82 Å². The third-order valence-electron chi connectivity index (χ3n) is 2.98. The van der Waals surface area contributed by atoms with Gasteiger partial charge in [0.05, 0.1) is 5.02 Å². The van der Waals surface area contributed by atoms with Crippen molar-refractivity contribution in [3.05, 3.63) is 70.5 Å². The largest absolute Gasteiger partial charge is 0.329 e. The fourth-order valence-corrected chi connectivity index (χ4v) is 2.09. The molecule has 0 aliphatic rings. The van der Waals surface area contributed by atoms with Crippen molar-refractivity contribution in [2.75, 3.05) is 6.54 Å². The van der Waals surface area contributed by atoms with Crippen molar-refractivity contribution >= 4 is 11.6 Å². The lowest BCUT2D eigenvalue weighted by Crippen LogP contribution is -2.27. The molecule has 0 heterocycles. The molecule has 0 fully saturated rings. The molecule has 2 rings (SSSR count). The van der Waals surface area contributed by atoms with Crippen LogP contribution in [0.3, 0.4) is 0 Å². The Bertz CT molecular complexity index is 531. The molecule has 0 radical (unpaired) electrons. The van der Waals surface area contributed by atoms with Crippen molar-refractivity contribution in [3.8, 4) is 0 Å². The number of hydrogen-bond donors (Lipinski definition) is 2. The molecule has 2 aromatic carbocycles. The zero-order valence-electron chi connectivity index (χ0n) is 10.4. The molecule has 0 saturated heterocycles. The van der Waals surface area contributed by atoms with Gasteiger partial charge < -0.3 is 11.1 Å². The Morgan fingerprint density at radius 3 is 2.53 bits per heavy atom. The summed E-state index contributed by atoms with van der Waals surface area (Å²) in [4.78, 5) is 0. The second-order valence-corrected chi connectivity index (χ2v) is 4.74. The standard InChI is InChI=1S/C15H16ClFN2/c16-13-8-12(6-7-14(13)17)15(9-18)19-10-11-4-2-1-3-5-11/h1-8,15,19H,9-10,18H2. The number of nitrogens with one attached hydrogen (secondary N) is 1. The first-order valence-corrected chi connectivity index (χ1v) is 6.51. The van der Waals surface area contributed by atoms with E-state index in [0.717, 1.165) is 5.56 Å². The Balaban J connectivity index is 2.05. The van der Waals surface area contributed by atoms with Gasteiger partial charge in [-0.25, -0.2) is 4.39 Å². The molecule has 0 amide bonds. The lowest BCUT2D eigenvalue weighted by Gasteiger charge is -2.17. The van der Waals surface area contributed by atoms with E-state index in [9.17, 15) is 4.39 Å². The minimum absolute atomic E-state index is 0.0432. The van der Waals surface area contributed by atoms with Crippen molar-refractivity contribution < 1.29 is 4.39 Å². The van der Waals surface area contributed by atoms with E-state index in [1.807, 2.05) is 30.3 Å². The summed E-state index contributed by atoms with van der Waals surface area (Å²) >= 11 is 5.79. The molecule has 2 nitrogen and oxygen atoms in total. The Labute approximate surface area is 117 Å². The quantitative estimate of drug-likeness (QED) is 0.881. The topological polar surface area (TPSA) is 38.0 Å². The third-order valence-corrected chi connectivity index (χ3v) is 3.27. The second-order valence-electron chi connectivity index (χ2n) is 4.33. The Hall–Kier alpha value is -1.42. The SMILES string of the molecule is NCC(NCc1ccccc1)c1ccc(F)c(Cl)c1.